The van der Waals surface area contributed by atoms with Gasteiger partial charge in [-0.3, -0.25) is 14.5 Å². The minimum Gasteiger partial charge on any atom is -0.320 e. The van der Waals surface area contributed by atoms with Gasteiger partial charge in [-0.2, -0.15) is 0 Å². The Morgan fingerprint density at radius 1 is 1.24 bits per heavy atom. The van der Waals surface area contributed by atoms with Crippen molar-refractivity contribution in [3.8, 4) is 0 Å². The molecule has 1 heterocycles. The van der Waals surface area contributed by atoms with Gasteiger partial charge < -0.3 is 5.73 Å². The number of likely N-dealkylation sites (tertiary alicyclic amines) is 1. The predicted molar refractivity (Wildman–Crippen MR) is 64.1 cm³/mol. The van der Waals surface area contributed by atoms with Gasteiger partial charge in [0.25, 0.3) is 0 Å². The summed E-state index contributed by atoms with van der Waals surface area (Å²) < 4.78 is 0. The standard InChI is InChI=1S/C13H16N2O2/c14-11-6-7-12(16)15(13(11)17)9-8-10-4-2-1-3-5-10/h1-5,11H,6-9,14H2. The smallest absolute Gasteiger partial charge is 0.246 e. The number of piperidine rings is 1. The first-order chi connectivity index (χ1) is 8.18. The van der Waals surface area contributed by atoms with Crippen LogP contribution in [0.15, 0.2) is 30.3 Å². The molecule has 2 N–H and O–H groups in total. The van der Waals surface area contributed by atoms with Gasteiger partial charge in [0.1, 0.15) is 0 Å². The van der Waals surface area contributed by atoms with Gasteiger partial charge >= 0.3 is 0 Å². The third kappa shape index (κ3) is 2.71. The van der Waals surface area contributed by atoms with Crippen LogP contribution in [0.5, 0.6) is 0 Å². The molecule has 4 nitrogen and oxygen atoms in total. The van der Waals surface area contributed by atoms with Crippen LogP contribution in [0.25, 0.3) is 0 Å². The Balaban J connectivity index is 1.98. The van der Waals surface area contributed by atoms with E-state index in [4.69, 9.17) is 5.73 Å². The number of rotatable bonds is 3. The minimum absolute atomic E-state index is 0.104. The summed E-state index contributed by atoms with van der Waals surface area (Å²) in [5.41, 5.74) is 6.77. The van der Waals surface area contributed by atoms with Gasteiger partial charge in [-0.15, -0.1) is 0 Å². The molecule has 1 unspecified atom stereocenters. The van der Waals surface area contributed by atoms with Crippen molar-refractivity contribution < 1.29 is 9.59 Å². The normalized spacial score (nSPS) is 20.8. The zero-order valence-corrected chi connectivity index (χ0v) is 9.63. The second-order valence-electron chi connectivity index (χ2n) is 4.26. The highest BCUT2D eigenvalue weighted by atomic mass is 16.2. The summed E-state index contributed by atoms with van der Waals surface area (Å²) >= 11 is 0. The Morgan fingerprint density at radius 3 is 2.65 bits per heavy atom. The van der Waals surface area contributed by atoms with Crippen molar-refractivity contribution in [2.24, 2.45) is 5.73 Å². The van der Waals surface area contributed by atoms with Crippen molar-refractivity contribution in [3.63, 3.8) is 0 Å². The van der Waals surface area contributed by atoms with Crippen LogP contribution in [0.1, 0.15) is 18.4 Å². The highest BCUT2D eigenvalue weighted by molar-refractivity contribution is 6.00. The van der Waals surface area contributed by atoms with E-state index in [-0.39, 0.29) is 11.8 Å². The third-order valence-corrected chi connectivity index (χ3v) is 3.02. The van der Waals surface area contributed by atoms with E-state index in [2.05, 4.69) is 0 Å². The molecule has 4 heteroatoms. The molecule has 1 saturated heterocycles. The molecule has 17 heavy (non-hydrogen) atoms. The van der Waals surface area contributed by atoms with Crippen molar-refractivity contribution in [1.29, 1.82) is 0 Å². The fraction of sp³-hybridized carbons (Fsp3) is 0.385. The summed E-state index contributed by atoms with van der Waals surface area (Å²) in [5.74, 6) is -0.343. The maximum Gasteiger partial charge on any atom is 0.246 e. The number of imide groups is 1. The van der Waals surface area contributed by atoms with E-state index in [1.165, 1.54) is 4.90 Å². The average molecular weight is 232 g/mol. The number of carbonyl (C=O) groups is 2. The first kappa shape index (κ1) is 11.8. The Bertz CT molecular complexity index is 417. The Kier molecular flexibility index (Phi) is 3.54. The lowest BCUT2D eigenvalue weighted by atomic mass is 10.0. The topological polar surface area (TPSA) is 63.4 Å². The SMILES string of the molecule is NC1CCC(=O)N(CCc2ccccc2)C1=O. The van der Waals surface area contributed by atoms with Crippen LogP contribution in [-0.2, 0) is 16.0 Å². The summed E-state index contributed by atoms with van der Waals surface area (Å²) in [5, 5.41) is 0. The zero-order chi connectivity index (χ0) is 12.3. The van der Waals surface area contributed by atoms with Crippen LogP contribution in [0.3, 0.4) is 0 Å². The van der Waals surface area contributed by atoms with Crippen LogP contribution in [0.2, 0.25) is 0 Å². The lowest BCUT2D eigenvalue weighted by molar-refractivity contribution is -0.149. The van der Waals surface area contributed by atoms with Crippen LogP contribution in [0.4, 0.5) is 0 Å². The quantitative estimate of drug-likeness (QED) is 0.780. The van der Waals surface area contributed by atoms with E-state index in [1.54, 1.807) is 0 Å². The Labute approximate surface area is 100 Å². The van der Waals surface area contributed by atoms with Crippen molar-refractivity contribution >= 4 is 11.8 Å². The molecule has 1 aromatic rings. The number of benzene rings is 1. The van der Waals surface area contributed by atoms with E-state index < -0.39 is 6.04 Å². The fourth-order valence-electron chi connectivity index (χ4n) is 1.98. The molecule has 0 aliphatic carbocycles. The molecule has 90 valence electrons. The molecule has 0 spiro atoms. The minimum atomic E-state index is -0.511. The number of hydrogen-bond acceptors (Lipinski definition) is 3. The van der Waals surface area contributed by atoms with Crippen molar-refractivity contribution in [2.45, 2.75) is 25.3 Å². The highest BCUT2D eigenvalue weighted by Crippen LogP contribution is 2.12. The van der Waals surface area contributed by atoms with Crippen molar-refractivity contribution in [2.75, 3.05) is 6.54 Å². The summed E-state index contributed by atoms with van der Waals surface area (Å²) in [6.07, 6.45) is 1.53. The number of nitrogens with two attached hydrogens (primary N) is 1. The van der Waals surface area contributed by atoms with E-state index in [0.717, 1.165) is 5.56 Å². The van der Waals surface area contributed by atoms with E-state index in [0.29, 0.717) is 25.8 Å². The molecule has 0 radical (unpaired) electrons. The molecule has 1 atom stereocenters. The molecule has 2 rings (SSSR count). The van der Waals surface area contributed by atoms with Crippen molar-refractivity contribution in [1.82, 2.24) is 4.90 Å². The molecule has 1 aromatic carbocycles. The third-order valence-electron chi connectivity index (χ3n) is 3.02. The molecule has 1 aliphatic heterocycles. The van der Waals surface area contributed by atoms with Crippen LogP contribution in [-0.4, -0.2) is 29.3 Å². The highest BCUT2D eigenvalue weighted by Gasteiger charge is 2.31. The first-order valence-electron chi connectivity index (χ1n) is 5.82. The van der Waals surface area contributed by atoms with Crippen LogP contribution in [0, 0.1) is 0 Å². The van der Waals surface area contributed by atoms with Crippen LogP contribution < -0.4 is 5.73 Å². The lowest BCUT2D eigenvalue weighted by Crippen LogP contribution is -2.51. The number of hydrogen-bond donors (Lipinski definition) is 1. The summed E-state index contributed by atoms with van der Waals surface area (Å²) in [7, 11) is 0. The van der Waals surface area contributed by atoms with Gasteiger partial charge in [-0.25, -0.2) is 0 Å². The number of amides is 2. The molecule has 0 saturated carbocycles. The van der Waals surface area contributed by atoms with Gasteiger partial charge in [0.2, 0.25) is 11.8 Å². The van der Waals surface area contributed by atoms with E-state index in [1.807, 2.05) is 30.3 Å². The molecule has 2 amide bonds. The van der Waals surface area contributed by atoms with Gasteiger partial charge in [-0.1, -0.05) is 30.3 Å². The first-order valence-corrected chi connectivity index (χ1v) is 5.82. The lowest BCUT2D eigenvalue weighted by Gasteiger charge is -2.28. The summed E-state index contributed by atoms with van der Waals surface area (Å²) in [6.45, 7) is 0.426. The largest absolute Gasteiger partial charge is 0.320 e. The van der Waals surface area contributed by atoms with Gasteiger partial charge in [0.05, 0.1) is 6.04 Å². The molecular weight excluding hydrogens is 216 g/mol. The molecule has 1 fully saturated rings. The fourth-order valence-corrected chi connectivity index (χ4v) is 1.98. The van der Waals surface area contributed by atoms with Gasteiger partial charge in [0.15, 0.2) is 0 Å². The maximum absolute atomic E-state index is 11.7. The summed E-state index contributed by atoms with van der Waals surface area (Å²) in [6, 6.07) is 9.29. The molecule has 1 aliphatic rings. The molecular formula is C13H16N2O2. The maximum atomic E-state index is 11.7. The number of nitrogens with zero attached hydrogens (tertiary/aromatic N) is 1. The van der Waals surface area contributed by atoms with Crippen LogP contribution >= 0.6 is 0 Å². The molecule has 0 aromatic heterocycles. The Morgan fingerprint density at radius 2 is 1.94 bits per heavy atom. The van der Waals surface area contributed by atoms with Gasteiger partial charge in [-0.05, 0) is 18.4 Å². The van der Waals surface area contributed by atoms with E-state index in [9.17, 15) is 9.59 Å². The number of carbonyl (C=O) groups excluding carboxylic acids is 2. The van der Waals surface area contributed by atoms with E-state index >= 15 is 0 Å². The van der Waals surface area contributed by atoms with Crippen molar-refractivity contribution in [3.05, 3.63) is 35.9 Å². The Hall–Kier alpha value is -1.68. The monoisotopic (exact) mass is 232 g/mol. The molecule has 0 bridgehead atoms. The van der Waals surface area contributed by atoms with Gasteiger partial charge in [0, 0.05) is 13.0 Å². The average Bonchev–Trinajstić information content (AvgIpc) is 2.35. The predicted octanol–water partition coefficient (Wildman–Crippen LogP) is 0.705. The zero-order valence-electron chi connectivity index (χ0n) is 9.63. The summed E-state index contributed by atoms with van der Waals surface area (Å²) in [4.78, 5) is 24.7. The second kappa shape index (κ2) is 5.10. The second-order valence-corrected chi connectivity index (χ2v) is 4.26.